The maximum absolute atomic E-state index is 10.8. The van der Waals surface area contributed by atoms with Crippen LogP contribution >= 0.6 is 11.3 Å². The van der Waals surface area contributed by atoms with Crippen LogP contribution in [-0.2, 0) is 4.79 Å². The Labute approximate surface area is 88.1 Å². The van der Waals surface area contributed by atoms with Gasteiger partial charge in [-0.3, -0.25) is 4.79 Å². The lowest BCUT2D eigenvalue weighted by Gasteiger charge is -2.04. The molecule has 76 valence electrons. The molecule has 0 fully saturated rings. The summed E-state index contributed by atoms with van der Waals surface area (Å²) in [5, 5.41) is 0.964. The monoisotopic (exact) mass is 210 g/mol. The highest BCUT2D eigenvalue weighted by atomic mass is 32.1. The Hall–Kier alpha value is -1.16. The summed E-state index contributed by atoms with van der Waals surface area (Å²) in [7, 11) is 3.91. The zero-order valence-corrected chi connectivity index (χ0v) is 9.68. The molecule has 0 amide bonds. The summed E-state index contributed by atoms with van der Waals surface area (Å²) >= 11 is 1.59. The van der Waals surface area contributed by atoms with Gasteiger partial charge in [0.05, 0.1) is 10.6 Å². The average molecular weight is 210 g/mol. The molecule has 1 aromatic rings. The lowest BCUT2D eigenvalue weighted by atomic mass is 10.3. The van der Waals surface area contributed by atoms with E-state index >= 15 is 0 Å². The molecule has 0 unspecified atom stereocenters. The first kappa shape index (κ1) is 10.9. The van der Waals surface area contributed by atoms with Gasteiger partial charge in [0.25, 0.3) is 0 Å². The number of rotatable bonds is 3. The van der Waals surface area contributed by atoms with E-state index in [1.54, 1.807) is 24.3 Å². The van der Waals surface area contributed by atoms with Gasteiger partial charge in [0.1, 0.15) is 0 Å². The molecular formula is C10H14N2OS. The van der Waals surface area contributed by atoms with Crippen molar-refractivity contribution >= 4 is 28.3 Å². The van der Waals surface area contributed by atoms with Crippen LogP contribution in [0.25, 0.3) is 6.08 Å². The molecule has 0 spiro atoms. The smallest absolute Gasteiger partial charge is 0.185 e. The molecule has 1 rings (SSSR count). The molecule has 4 heteroatoms. The van der Waals surface area contributed by atoms with Crippen LogP contribution in [0.2, 0.25) is 0 Å². The molecule has 3 nitrogen and oxygen atoms in total. The Morgan fingerprint density at radius 3 is 2.57 bits per heavy atom. The molecule has 0 bridgehead atoms. The second kappa shape index (κ2) is 4.37. The number of hydrogen-bond acceptors (Lipinski definition) is 4. The lowest BCUT2D eigenvalue weighted by Crippen LogP contribution is -2.07. The fourth-order valence-electron chi connectivity index (χ4n) is 0.933. The molecule has 0 aromatic carbocycles. The topological polar surface area (TPSA) is 33.2 Å². The fourth-order valence-corrected chi connectivity index (χ4v) is 1.82. The second-order valence-corrected chi connectivity index (χ2v) is 4.29. The highest BCUT2D eigenvalue weighted by Gasteiger charge is 2.05. The summed E-state index contributed by atoms with van der Waals surface area (Å²) < 4.78 is 0. The number of thiazole rings is 1. The van der Waals surface area contributed by atoms with Crippen molar-refractivity contribution in [2.24, 2.45) is 0 Å². The Morgan fingerprint density at radius 1 is 1.50 bits per heavy atom. The van der Waals surface area contributed by atoms with Gasteiger partial charge in [-0.25, -0.2) is 4.98 Å². The number of ketones is 1. The normalized spacial score (nSPS) is 10.9. The van der Waals surface area contributed by atoms with Crippen LogP contribution < -0.4 is 4.90 Å². The number of allylic oxidation sites excluding steroid dienone is 1. The van der Waals surface area contributed by atoms with Gasteiger partial charge in [-0.15, -0.1) is 0 Å². The van der Waals surface area contributed by atoms with E-state index in [9.17, 15) is 4.79 Å². The van der Waals surface area contributed by atoms with Crippen LogP contribution in [-0.4, -0.2) is 24.9 Å². The van der Waals surface area contributed by atoms with Gasteiger partial charge in [0.15, 0.2) is 10.9 Å². The molecular weight excluding hydrogens is 196 g/mol. The summed E-state index contributed by atoms with van der Waals surface area (Å²) in [6, 6.07) is 0. The minimum atomic E-state index is 0.0594. The van der Waals surface area contributed by atoms with E-state index in [0.717, 1.165) is 15.7 Å². The van der Waals surface area contributed by atoms with Crippen molar-refractivity contribution in [3.05, 3.63) is 16.6 Å². The van der Waals surface area contributed by atoms with Gasteiger partial charge in [-0.2, -0.15) is 0 Å². The number of carbonyl (C=O) groups excluding carboxylic acids is 1. The third-order valence-electron chi connectivity index (χ3n) is 1.67. The van der Waals surface area contributed by atoms with Gasteiger partial charge in [-0.05, 0) is 26.0 Å². The molecule has 0 atom stereocenters. The average Bonchev–Trinajstić information content (AvgIpc) is 2.43. The number of hydrogen-bond donors (Lipinski definition) is 0. The molecule has 0 aliphatic heterocycles. The predicted octanol–water partition coefficient (Wildman–Crippen LogP) is 2.12. The molecule has 0 saturated carbocycles. The van der Waals surface area contributed by atoms with E-state index in [-0.39, 0.29) is 5.78 Å². The molecule has 0 saturated heterocycles. The number of anilines is 1. The molecule has 0 N–H and O–H groups in total. The minimum absolute atomic E-state index is 0.0594. The van der Waals surface area contributed by atoms with Crippen molar-refractivity contribution in [3.8, 4) is 0 Å². The van der Waals surface area contributed by atoms with Crippen molar-refractivity contribution in [3.63, 3.8) is 0 Å². The molecule has 1 heterocycles. The Kier molecular flexibility index (Phi) is 3.41. The minimum Gasteiger partial charge on any atom is -0.354 e. The van der Waals surface area contributed by atoms with E-state index < -0.39 is 0 Å². The SMILES string of the molecule is CC(=O)/C=C/c1sc(N(C)C)nc1C. The maximum atomic E-state index is 10.8. The van der Waals surface area contributed by atoms with Gasteiger partial charge in [0, 0.05) is 14.1 Å². The van der Waals surface area contributed by atoms with E-state index in [1.165, 1.54) is 0 Å². The van der Waals surface area contributed by atoms with E-state index in [2.05, 4.69) is 4.98 Å². The van der Waals surface area contributed by atoms with Crippen molar-refractivity contribution in [1.29, 1.82) is 0 Å². The lowest BCUT2D eigenvalue weighted by molar-refractivity contribution is -0.112. The third kappa shape index (κ3) is 2.67. The van der Waals surface area contributed by atoms with E-state index in [0.29, 0.717) is 0 Å². The quantitative estimate of drug-likeness (QED) is 0.716. The molecule has 1 aromatic heterocycles. The summed E-state index contributed by atoms with van der Waals surface area (Å²) in [6.07, 6.45) is 3.39. The number of nitrogens with zero attached hydrogens (tertiary/aromatic N) is 2. The van der Waals surface area contributed by atoms with Crippen molar-refractivity contribution in [2.75, 3.05) is 19.0 Å². The molecule has 14 heavy (non-hydrogen) atoms. The predicted molar refractivity (Wildman–Crippen MR) is 60.9 cm³/mol. The van der Waals surface area contributed by atoms with E-state index in [1.807, 2.05) is 32.0 Å². The first-order valence-corrected chi connectivity index (χ1v) is 5.15. The van der Waals surface area contributed by atoms with E-state index in [4.69, 9.17) is 0 Å². The highest BCUT2D eigenvalue weighted by molar-refractivity contribution is 7.16. The second-order valence-electron chi connectivity index (χ2n) is 3.28. The Bertz CT molecular complexity index is 366. The fraction of sp³-hybridized carbons (Fsp3) is 0.400. The van der Waals surface area contributed by atoms with Crippen molar-refractivity contribution in [2.45, 2.75) is 13.8 Å². The standard InChI is InChI=1S/C10H14N2OS/c1-7(13)5-6-9-8(2)11-10(14-9)12(3)4/h5-6H,1-4H3/b6-5+. The Balaban J connectivity index is 2.93. The molecule has 0 aliphatic carbocycles. The van der Waals surface area contributed by atoms with Gasteiger partial charge >= 0.3 is 0 Å². The molecule has 0 radical (unpaired) electrons. The summed E-state index contributed by atoms with van der Waals surface area (Å²) in [5.74, 6) is 0.0594. The van der Waals surface area contributed by atoms with Crippen LogP contribution in [0.15, 0.2) is 6.08 Å². The number of aryl methyl sites for hydroxylation is 1. The zero-order valence-electron chi connectivity index (χ0n) is 8.87. The molecule has 0 aliphatic rings. The summed E-state index contributed by atoms with van der Waals surface area (Å²) in [6.45, 7) is 3.49. The van der Waals surface area contributed by atoms with Crippen LogP contribution in [0.1, 0.15) is 17.5 Å². The zero-order chi connectivity index (χ0) is 10.7. The third-order valence-corrected chi connectivity index (χ3v) is 2.96. The van der Waals surface area contributed by atoms with Gasteiger partial charge < -0.3 is 4.90 Å². The Morgan fingerprint density at radius 2 is 2.14 bits per heavy atom. The van der Waals surface area contributed by atoms with Crippen LogP contribution in [0.3, 0.4) is 0 Å². The van der Waals surface area contributed by atoms with Crippen molar-refractivity contribution < 1.29 is 4.79 Å². The number of carbonyl (C=O) groups is 1. The first-order valence-electron chi connectivity index (χ1n) is 4.34. The maximum Gasteiger partial charge on any atom is 0.185 e. The summed E-state index contributed by atoms with van der Waals surface area (Å²) in [5.41, 5.74) is 0.969. The van der Waals surface area contributed by atoms with Crippen LogP contribution in [0.4, 0.5) is 5.13 Å². The van der Waals surface area contributed by atoms with Gasteiger partial charge in [-0.1, -0.05) is 11.3 Å². The number of aromatic nitrogens is 1. The highest BCUT2D eigenvalue weighted by Crippen LogP contribution is 2.25. The largest absolute Gasteiger partial charge is 0.354 e. The first-order chi connectivity index (χ1) is 6.50. The van der Waals surface area contributed by atoms with Crippen LogP contribution in [0.5, 0.6) is 0 Å². The summed E-state index contributed by atoms with van der Waals surface area (Å²) in [4.78, 5) is 18.1. The van der Waals surface area contributed by atoms with Gasteiger partial charge in [0.2, 0.25) is 0 Å². The van der Waals surface area contributed by atoms with Crippen molar-refractivity contribution in [1.82, 2.24) is 4.98 Å². The van der Waals surface area contributed by atoms with Crippen LogP contribution in [0, 0.1) is 6.92 Å².